The first-order valence-electron chi connectivity index (χ1n) is 9.93. The minimum Gasteiger partial charge on any atom is -0.488 e. The Morgan fingerprint density at radius 2 is 2.00 bits per heavy atom. The smallest absolute Gasteiger partial charge is 0.266 e. The number of nitrogens with zero attached hydrogens (tertiary/aromatic N) is 2. The molecular formula is C19H21ClF3N5O3S. The van der Waals surface area contributed by atoms with Crippen LogP contribution in [-0.2, 0) is 10.0 Å². The van der Waals surface area contributed by atoms with Crippen molar-refractivity contribution in [1.82, 2.24) is 20.8 Å². The number of hydrogen-bond donors (Lipinski definition) is 3. The summed E-state index contributed by atoms with van der Waals surface area (Å²) in [4.78, 5) is 6.69. The van der Waals surface area contributed by atoms with Crippen molar-refractivity contribution >= 4 is 27.4 Å². The molecule has 8 nitrogen and oxygen atoms in total. The van der Waals surface area contributed by atoms with Gasteiger partial charge in [0.2, 0.25) is 0 Å². The Morgan fingerprint density at radius 1 is 1.25 bits per heavy atom. The molecule has 0 bridgehead atoms. The van der Waals surface area contributed by atoms with Crippen molar-refractivity contribution in [2.45, 2.75) is 36.2 Å². The molecule has 1 aliphatic heterocycles. The molecule has 3 N–H and O–H groups in total. The molecule has 174 valence electrons. The lowest BCUT2D eigenvalue weighted by molar-refractivity contribution is -0.0975. The highest BCUT2D eigenvalue weighted by atomic mass is 35.5. The van der Waals surface area contributed by atoms with Crippen LogP contribution in [0.1, 0.15) is 19.3 Å². The molecule has 1 aromatic heterocycles. The molecule has 0 spiro atoms. The second-order valence-electron chi connectivity index (χ2n) is 7.85. The number of sulfonamides is 1. The summed E-state index contributed by atoms with van der Waals surface area (Å²) in [6.45, 7) is 1.20. The van der Waals surface area contributed by atoms with E-state index in [4.69, 9.17) is 16.3 Å². The Morgan fingerprint density at radius 3 is 2.69 bits per heavy atom. The lowest BCUT2D eigenvalue weighted by Crippen LogP contribution is -2.44. The van der Waals surface area contributed by atoms with Crippen LogP contribution in [0, 0.1) is 17.7 Å². The average Bonchev–Trinajstić information content (AvgIpc) is 3.25. The summed E-state index contributed by atoms with van der Waals surface area (Å²) >= 11 is 6.19. The summed E-state index contributed by atoms with van der Waals surface area (Å²) in [5, 5.41) is -0.204. The van der Waals surface area contributed by atoms with Crippen LogP contribution in [0.5, 0.6) is 5.75 Å². The fraction of sp³-hybridized carbons (Fsp3) is 0.474. The number of aromatic nitrogens is 2. The molecule has 0 radical (unpaired) electrons. The van der Waals surface area contributed by atoms with Gasteiger partial charge >= 0.3 is 0 Å². The highest BCUT2D eigenvalue weighted by molar-refractivity contribution is 7.92. The zero-order chi connectivity index (χ0) is 22.9. The molecule has 2 aliphatic rings. The minimum absolute atomic E-state index is 0.0538. The number of nitrogens with one attached hydrogen (secondary N) is 3. The Kier molecular flexibility index (Phi) is 6.48. The van der Waals surface area contributed by atoms with Gasteiger partial charge in [0.1, 0.15) is 34.7 Å². The molecule has 2 fully saturated rings. The minimum atomic E-state index is -4.35. The van der Waals surface area contributed by atoms with Crippen molar-refractivity contribution in [1.29, 1.82) is 0 Å². The molecule has 2 atom stereocenters. The quantitative estimate of drug-likeness (QED) is 0.570. The number of halogens is 4. The topological polar surface area (TPSA) is 105 Å². The molecule has 1 aromatic carbocycles. The van der Waals surface area contributed by atoms with E-state index in [-0.39, 0.29) is 41.3 Å². The van der Waals surface area contributed by atoms with Gasteiger partial charge in [-0.2, -0.15) is 0 Å². The summed E-state index contributed by atoms with van der Waals surface area (Å²) in [7, 11) is -4.35. The van der Waals surface area contributed by atoms with E-state index >= 15 is 0 Å². The van der Waals surface area contributed by atoms with Gasteiger partial charge < -0.3 is 4.74 Å². The van der Waals surface area contributed by atoms with Crippen LogP contribution < -0.4 is 20.3 Å². The van der Waals surface area contributed by atoms with Gasteiger partial charge in [-0.15, -0.1) is 0 Å². The van der Waals surface area contributed by atoms with Crippen molar-refractivity contribution in [2.75, 3.05) is 17.8 Å². The third-order valence-electron chi connectivity index (χ3n) is 5.65. The number of ether oxygens (including phenoxy) is 1. The number of rotatable bonds is 6. The Bertz CT molecular complexity index is 1070. The molecular weight excluding hydrogens is 471 g/mol. The molecule has 13 heteroatoms. The van der Waals surface area contributed by atoms with E-state index in [1.165, 1.54) is 12.3 Å². The Balaban J connectivity index is 1.58. The summed E-state index contributed by atoms with van der Waals surface area (Å²) < 4.78 is 76.0. The SMILES string of the molecule is O=S(=O)(Nc1ccncn1)c1cc(Cl)c(O[C@H]2CC(F)(F)CC[C@@H]2C2CNNC2)cc1F. The van der Waals surface area contributed by atoms with E-state index in [0.29, 0.717) is 13.1 Å². The summed E-state index contributed by atoms with van der Waals surface area (Å²) in [5.41, 5.74) is 5.95. The lowest BCUT2D eigenvalue weighted by atomic mass is 9.76. The van der Waals surface area contributed by atoms with E-state index in [0.717, 1.165) is 18.5 Å². The first kappa shape index (κ1) is 23.0. The zero-order valence-electron chi connectivity index (χ0n) is 16.7. The standard InChI is InChI=1S/C19H21ClF3N5O3S/c20-13-5-17(32(29,30)28-18-2-4-24-10-25-18)14(21)6-15(13)31-16-7-19(22,23)3-1-12(16)11-8-26-27-9-11/h2,4-6,10-12,16,26-27H,1,3,7-9H2,(H,24,25,28)/t12-,16+/m1/s1. The van der Waals surface area contributed by atoms with Crippen molar-refractivity contribution in [3.8, 4) is 5.75 Å². The third-order valence-corrected chi connectivity index (χ3v) is 7.32. The van der Waals surface area contributed by atoms with Gasteiger partial charge in [0.05, 0.1) is 5.02 Å². The fourth-order valence-electron chi connectivity index (χ4n) is 4.07. The van der Waals surface area contributed by atoms with Crippen LogP contribution in [0.3, 0.4) is 0 Å². The molecule has 4 rings (SSSR count). The van der Waals surface area contributed by atoms with Crippen LogP contribution in [0.25, 0.3) is 0 Å². The van der Waals surface area contributed by atoms with Gasteiger partial charge in [-0.05, 0) is 24.5 Å². The highest BCUT2D eigenvalue weighted by Crippen LogP contribution is 2.43. The van der Waals surface area contributed by atoms with Crippen molar-refractivity contribution in [3.63, 3.8) is 0 Å². The number of benzene rings is 1. The Labute approximate surface area is 187 Å². The number of alkyl halides is 2. The van der Waals surface area contributed by atoms with Crippen molar-refractivity contribution in [3.05, 3.63) is 41.6 Å². The van der Waals surface area contributed by atoms with Gasteiger partial charge in [-0.25, -0.2) is 31.6 Å². The average molecular weight is 492 g/mol. The van der Waals surface area contributed by atoms with Crippen LogP contribution in [-0.4, -0.2) is 43.5 Å². The van der Waals surface area contributed by atoms with Crippen LogP contribution in [0.15, 0.2) is 35.6 Å². The molecule has 1 aliphatic carbocycles. The molecule has 2 aromatic rings. The Hall–Kier alpha value is -2.15. The normalized spacial score (nSPS) is 23.8. The molecule has 1 saturated heterocycles. The molecule has 1 saturated carbocycles. The van der Waals surface area contributed by atoms with Crippen molar-refractivity contribution in [2.24, 2.45) is 11.8 Å². The number of hydrogen-bond acceptors (Lipinski definition) is 7. The van der Waals surface area contributed by atoms with E-state index in [9.17, 15) is 21.6 Å². The predicted octanol–water partition coefficient (Wildman–Crippen LogP) is 2.98. The molecule has 0 unspecified atom stereocenters. The van der Waals surface area contributed by atoms with Crippen LogP contribution in [0.4, 0.5) is 19.0 Å². The van der Waals surface area contributed by atoms with Crippen LogP contribution >= 0.6 is 11.6 Å². The number of hydrazine groups is 1. The molecule has 32 heavy (non-hydrogen) atoms. The highest BCUT2D eigenvalue weighted by Gasteiger charge is 2.46. The lowest BCUT2D eigenvalue weighted by Gasteiger charge is -2.38. The maximum Gasteiger partial charge on any atom is 0.266 e. The zero-order valence-corrected chi connectivity index (χ0v) is 18.3. The summed E-state index contributed by atoms with van der Waals surface area (Å²) in [6, 6.07) is 3.00. The van der Waals surface area contributed by atoms with Crippen molar-refractivity contribution < 1.29 is 26.3 Å². The number of anilines is 1. The molecule has 0 amide bonds. The van der Waals surface area contributed by atoms with Gasteiger partial charge in [0.25, 0.3) is 15.9 Å². The van der Waals surface area contributed by atoms with Gasteiger partial charge in [-0.3, -0.25) is 15.6 Å². The third kappa shape index (κ3) is 5.08. The van der Waals surface area contributed by atoms with E-state index in [1.807, 2.05) is 0 Å². The van der Waals surface area contributed by atoms with Gasteiger partial charge in [-0.1, -0.05) is 11.6 Å². The van der Waals surface area contributed by atoms with Crippen LogP contribution in [0.2, 0.25) is 5.02 Å². The monoisotopic (exact) mass is 491 g/mol. The fourth-order valence-corrected chi connectivity index (χ4v) is 5.44. The van der Waals surface area contributed by atoms with E-state index < -0.39 is 39.2 Å². The van der Waals surface area contributed by atoms with E-state index in [2.05, 4.69) is 25.5 Å². The second kappa shape index (κ2) is 9.00. The summed E-state index contributed by atoms with van der Waals surface area (Å²) in [5.74, 6) is -4.40. The second-order valence-corrected chi connectivity index (χ2v) is 9.91. The maximum atomic E-state index is 14.8. The summed E-state index contributed by atoms with van der Waals surface area (Å²) in [6.07, 6.45) is 1.02. The van der Waals surface area contributed by atoms with Gasteiger partial charge in [0, 0.05) is 44.1 Å². The first-order chi connectivity index (χ1) is 15.1. The maximum absolute atomic E-state index is 14.8. The molecule has 2 heterocycles. The van der Waals surface area contributed by atoms with E-state index in [1.54, 1.807) is 0 Å². The van der Waals surface area contributed by atoms with Gasteiger partial charge in [0.15, 0.2) is 0 Å². The largest absolute Gasteiger partial charge is 0.488 e. The first-order valence-corrected chi connectivity index (χ1v) is 11.8. The predicted molar refractivity (Wildman–Crippen MR) is 110 cm³/mol.